The fraction of sp³-hybridized carbons (Fsp3) is 0.647. The molecule has 21 heavy (non-hydrogen) atoms. The number of hydrogen-bond acceptors (Lipinski definition) is 4. The maximum atomic E-state index is 10.0. The first-order chi connectivity index (χ1) is 10.1. The summed E-state index contributed by atoms with van der Waals surface area (Å²) >= 11 is 1.95. The van der Waals surface area contributed by atoms with Crippen molar-refractivity contribution >= 4 is 11.8 Å². The van der Waals surface area contributed by atoms with Crippen LogP contribution in [0.5, 0.6) is 5.75 Å². The molecule has 1 aromatic rings. The third kappa shape index (κ3) is 5.20. The van der Waals surface area contributed by atoms with E-state index in [-0.39, 0.29) is 0 Å². The van der Waals surface area contributed by atoms with Crippen LogP contribution in [0.3, 0.4) is 0 Å². The molecule has 2 N–H and O–H groups in total. The molecule has 4 heteroatoms. The first kappa shape index (κ1) is 16.7. The molecule has 3 atom stereocenters. The van der Waals surface area contributed by atoms with Crippen LogP contribution >= 0.6 is 11.8 Å². The number of nitrogens with one attached hydrogen (secondary N) is 1. The van der Waals surface area contributed by atoms with Gasteiger partial charge in [-0.25, -0.2) is 0 Å². The minimum Gasteiger partial charge on any atom is -0.491 e. The minimum atomic E-state index is -0.459. The highest BCUT2D eigenvalue weighted by molar-refractivity contribution is 7.99. The zero-order valence-electron chi connectivity index (χ0n) is 13.3. The second-order valence-electron chi connectivity index (χ2n) is 6.01. The van der Waals surface area contributed by atoms with Crippen LogP contribution in [0, 0.1) is 13.8 Å². The Bertz CT molecular complexity index is 452. The third-order valence-electron chi connectivity index (χ3n) is 4.12. The number of ether oxygens (including phenoxy) is 1. The average Bonchev–Trinajstić information content (AvgIpc) is 2.92. The van der Waals surface area contributed by atoms with E-state index in [0.29, 0.717) is 19.2 Å². The molecule has 0 amide bonds. The van der Waals surface area contributed by atoms with Gasteiger partial charge in [-0.05, 0) is 51.0 Å². The van der Waals surface area contributed by atoms with Gasteiger partial charge in [-0.15, -0.1) is 0 Å². The Hall–Kier alpha value is -0.710. The van der Waals surface area contributed by atoms with E-state index in [1.165, 1.54) is 24.8 Å². The lowest BCUT2D eigenvalue weighted by atomic mass is 10.1. The van der Waals surface area contributed by atoms with Gasteiger partial charge in [-0.2, -0.15) is 11.8 Å². The van der Waals surface area contributed by atoms with E-state index in [9.17, 15) is 5.11 Å². The lowest BCUT2D eigenvalue weighted by Crippen LogP contribution is -2.37. The van der Waals surface area contributed by atoms with E-state index < -0.39 is 6.10 Å². The van der Waals surface area contributed by atoms with Crippen molar-refractivity contribution in [1.29, 1.82) is 0 Å². The van der Waals surface area contributed by atoms with Crippen molar-refractivity contribution in [2.75, 3.05) is 19.4 Å². The number of benzene rings is 1. The normalized spacial score (nSPS) is 23.2. The lowest BCUT2D eigenvalue weighted by Gasteiger charge is -2.18. The van der Waals surface area contributed by atoms with Crippen LogP contribution in [0.15, 0.2) is 18.2 Å². The SMILES string of the molecule is CSC1CCC(NCC(O)COc2ccc(C)cc2C)C1. The third-order valence-corrected chi connectivity index (χ3v) is 5.22. The molecule has 0 spiro atoms. The topological polar surface area (TPSA) is 41.5 Å². The van der Waals surface area contributed by atoms with Gasteiger partial charge in [0.1, 0.15) is 18.5 Å². The zero-order chi connectivity index (χ0) is 15.2. The highest BCUT2D eigenvalue weighted by atomic mass is 32.2. The highest BCUT2D eigenvalue weighted by Crippen LogP contribution is 2.28. The van der Waals surface area contributed by atoms with Gasteiger partial charge in [0.2, 0.25) is 0 Å². The van der Waals surface area contributed by atoms with Gasteiger partial charge in [0.05, 0.1) is 0 Å². The number of aryl methyl sites for hydroxylation is 2. The molecule has 118 valence electrons. The summed E-state index contributed by atoms with van der Waals surface area (Å²) in [5, 5.41) is 14.3. The number of thioether (sulfide) groups is 1. The summed E-state index contributed by atoms with van der Waals surface area (Å²) in [6.07, 6.45) is 5.44. The average molecular weight is 309 g/mol. The van der Waals surface area contributed by atoms with E-state index in [0.717, 1.165) is 16.6 Å². The van der Waals surface area contributed by atoms with Gasteiger partial charge < -0.3 is 15.2 Å². The molecule has 3 nitrogen and oxygen atoms in total. The Labute approximate surface area is 132 Å². The molecule has 0 saturated heterocycles. The summed E-state index contributed by atoms with van der Waals surface area (Å²) in [6, 6.07) is 6.66. The van der Waals surface area contributed by atoms with E-state index in [4.69, 9.17) is 4.74 Å². The van der Waals surface area contributed by atoms with Gasteiger partial charge in [-0.1, -0.05) is 17.7 Å². The maximum Gasteiger partial charge on any atom is 0.122 e. The first-order valence-electron chi connectivity index (χ1n) is 7.72. The Morgan fingerprint density at radius 2 is 2.19 bits per heavy atom. The van der Waals surface area contributed by atoms with Crippen LogP contribution in [0.25, 0.3) is 0 Å². The molecule has 0 heterocycles. The molecular weight excluding hydrogens is 282 g/mol. The predicted molar refractivity (Wildman–Crippen MR) is 90.4 cm³/mol. The van der Waals surface area contributed by atoms with Crippen molar-refractivity contribution in [3.8, 4) is 5.75 Å². The largest absolute Gasteiger partial charge is 0.491 e. The van der Waals surface area contributed by atoms with E-state index in [2.05, 4.69) is 24.6 Å². The van der Waals surface area contributed by atoms with Crippen LogP contribution in [0.1, 0.15) is 30.4 Å². The standard InChI is InChI=1S/C17H27NO2S/c1-12-4-7-17(13(2)8-12)20-11-15(19)10-18-14-5-6-16(9-14)21-3/h4,7-8,14-16,18-19H,5-6,9-11H2,1-3H3. The number of aliphatic hydroxyl groups is 1. The van der Waals surface area contributed by atoms with Crippen molar-refractivity contribution in [3.05, 3.63) is 29.3 Å². The molecule has 3 unspecified atom stereocenters. The van der Waals surface area contributed by atoms with Crippen molar-refractivity contribution in [3.63, 3.8) is 0 Å². The Balaban J connectivity index is 1.69. The molecule has 1 aromatic carbocycles. The Morgan fingerprint density at radius 1 is 1.38 bits per heavy atom. The number of rotatable bonds is 7. The van der Waals surface area contributed by atoms with Gasteiger partial charge in [0.15, 0.2) is 0 Å². The van der Waals surface area contributed by atoms with Gasteiger partial charge in [0.25, 0.3) is 0 Å². The van der Waals surface area contributed by atoms with Crippen LogP contribution < -0.4 is 10.1 Å². The van der Waals surface area contributed by atoms with Gasteiger partial charge in [0, 0.05) is 17.8 Å². The van der Waals surface area contributed by atoms with Crippen LogP contribution in [0.4, 0.5) is 0 Å². The Kier molecular flexibility index (Phi) is 6.40. The molecule has 0 aromatic heterocycles. The molecule has 2 rings (SSSR count). The van der Waals surface area contributed by atoms with Gasteiger partial charge >= 0.3 is 0 Å². The van der Waals surface area contributed by atoms with Crippen molar-refractivity contribution in [2.45, 2.75) is 50.5 Å². The Morgan fingerprint density at radius 3 is 2.86 bits per heavy atom. The minimum absolute atomic E-state index is 0.343. The fourth-order valence-corrected chi connectivity index (χ4v) is 3.65. The maximum absolute atomic E-state index is 10.0. The number of aliphatic hydroxyl groups excluding tert-OH is 1. The van der Waals surface area contributed by atoms with Crippen LogP contribution in [-0.4, -0.2) is 41.9 Å². The summed E-state index contributed by atoms with van der Waals surface area (Å²) in [5.41, 5.74) is 2.35. The summed E-state index contributed by atoms with van der Waals surface area (Å²) in [5.74, 6) is 0.864. The van der Waals surface area contributed by atoms with E-state index >= 15 is 0 Å². The first-order valence-corrected chi connectivity index (χ1v) is 9.01. The summed E-state index contributed by atoms with van der Waals surface area (Å²) in [7, 11) is 0. The zero-order valence-corrected chi connectivity index (χ0v) is 14.1. The fourth-order valence-electron chi connectivity index (χ4n) is 2.85. The monoisotopic (exact) mass is 309 g/mol. The van der Waals surface area contributed by atoms with Crippen molar-refractivity contribution < 1.29 is 9.84 Å². The van der Waals surface area contributed by atoms with Gasteiger partial charge in [-0.3, -0.25) is 0 Å². The summed E-state index contributed by atoms with van der Waals surface area (Å²) in [6.45, 7) is 5.05. The summed E-state index contributed by atoms with van der Waals surface area (Å²) < 4.78 is 5.72. The molecular formula is C17H27NO2S. The highest BCUT2D eigenvalue weighted by Gasteiger charge is 2.23. The van der Waals surface area contributed by atoms with E-state index in [1.54, 1.807) is 0 Å². The lowest BCUT2D eigenvalue weighted by molar-refractivity contribution is 0.103. The second kappa shape index (κ2) is 8.06. The molecule has 1 aliphatic carbocycles. The second-order valence-corrected chi connectivity index (χ2v) is 7.15. The quantitative estimate of drug-likeness (QED) is 0.812. The van der Waals surface area contributed by atoms with E-state index in [1.807, 2.05) is 30.8 Å². The van der Waals surface area contributed by atoms with Crippen molar-refractivity contribution in [1.82, 2.24) is 5.32 Å². The van der Waals surface area contributed by atoms with Crippen molar-refractivity contribution in [2.24, 2.45) is 0 Å². The molecule has 0 aliphatic heterocycles. The molecule has 1 aliphatic rings. The molecule has 1 saturated carbocycles. The van der Waals surface area contributed by atoms with Crippen LogP contribution in [-0.2, 0) is 0 Å². The predicted octanol–water partition coefficient (Wildman–Crippen LogP) is 2.92. The number of hydrogen-bond donors (Lipinski definition) is 2. The molecule has 0 bridgehead atoms. The smallest absolute Gasteiger partial charge is 0.122 e. The molecule has 1 fully saturated rings. The molecule has 0 radical (unpaired) electrons. The van der Waals surface area contributed by atoms with Crippen LogP contribution in [0.2, 0.25) is 0 Å². The summed E-state index contributed by atoms with van der Waals surface area (Å²) in [4.78, 5) is 0.